The van der Waals surface area contributed by atoms with Gasteiger partial charge in [-0.3, -0.25) is 14.4 Å². The van der Waals surface area contributed by atoms with E-state index in [0.29, 0.717) is 12.6 Å². The number of aromatic nitrogens is 3. The van der Waals surface area contributed by atoms with Crippen molar-refractivity contribution in [3.05, 3.63) is 29.5 Å². The van der Waals surface area contributed by atoms with Gasteiger partial charge in [-0.05, 0) is 13.0 Å². The fourth-order valence-corrected chi connectivity index (χ4v) is 2.53. The van der Waals surface area contributed by atoms with Crippen LogP contribution in [0.25, 0.3) is 0 Å². The van der Waals surface area contributed by atoms with Crippen LogP contribution < -0.4 is 10.2 Å². The second kappa shape index (κ2) is 6.62. The summed E-state index contributed by atoms with van der Waals surface area (Å²) in [6, 6.07) is 2.21. The molecule has 0 unspecified atom stereocenters. The molecule has 0 bridgehead atoms. The Hall–Kier alpha value is -1.73. The lowest BCUT2D eigenvalue weighted by molar-refractivity contribution is -0.116. The van der Waals surface area contributed by atoms with E-state index in [4.69, 9.17) is 0 Å². The number of thiazole rings is 1. The van der Waals surface area contributed by atoms with Crippen molar-refractivity contribution >= 4 is 22.4 Å². The molecule has 1 atom stereocenters. The molecule has 0 spiro atoms. The van der Waals surface area contributed by atoms with Gasteiger partial charge in [0.1, 0.15) is 0 Å². The van der Waals surface area contributed by atoms with Crippen molar-refractivity contribution < 1.29 is 4.79 Å². The van der Waals surface area contributed by atoms with Crippen LogP contribution in [0.2, 0.25) is 0 Å². The van der Waals surface area contributed by atoms with Crippen molar-refractivity contribution in [1.29, 1.82) is 0 Å². The number of hydrogen-bond donors (Lipinski definition) is 1. The number of hydrogen-bond acceptors (Lipinski definition) is 5. The minimum Gasteiger partial charge on any atom is -0.307 e. The zero-order valence-corrected chi connectivity index (χ0v) is 12.7. The smallest absolute Gasteiger partial charge is 0.225 e. The third kappa shape index (κ3) is 3.88. The molecule has 0 aliphatic rings. The summed E-state index contributed by atoms with van der Waals surface area (Å²) in [4.78, 5) is 17.3. The van der Waals surface area contributed by atoms with Crippen molar-refractivity contribution in [2.45, 2.75) is 33.0 Å². The molecule has 2 aromatic heterocycles. The number of nitrogens with zero attached hydrogens (tertiary/aromatic N) is 4. The Morgan fingerprint density at radius 1 is 1.60 bits per heavy atom. The van der Waals surface area contributed by atoms with Crippen molar-refractivity contribution in [1.82, 2.24) is 20.1 Å². The third-order valence-electron chi connectivity index (χ3n) is 2.95. The van der Waals surface area contributed by atoms with E-state index in [1.165, 1.54) is 18.3 Å². The highest BCUT2D eigenvalue weighted by Crippen LogP contribution is 2.19. The first-order chi connectivity index (χ1) is 9.56. The molecule has 20 heavy (non-hydrogen) atoms. The Kier molecular flexibility index (Phi) is 4.86. The van der Waals surface area contributed by atoms with Gasteiger partial charge in [-0.15, -0.1) is 11.3 Å². The van der Waals surface area contributed by atoms with E-state index in [2.05, 4.69) is 22.3 Å². The summed E-state index contributed by atoms with van der Waals surface area (Å²) < 4.78 is 1.90. The summed E-state index contributed by atoms with van der Waals surface area (Å²) >= 11 is 1.48. The summed E-state index contributed by atoms with van der Waals surface area (Å²) in [6.07, 6.45) is 3.72. The second-order valence-corrected chi connectivity index (χ2v) is 5.55. The van der Waals surface area contributed by atoms with Crippen LogP contribution in [0.5, 0.6) is 0 Å². The standard InChI is InChI=1S/C13H19N5OS/c1-10(8-18-6-4-5-15-18)14-7-12-9-20-13(16-12)17(3)11(2)19/h4-6,9-10,14H,7-8H2,1-3H3/t10-/m0/s1. The number of rotatable bonds is 6. The van der Waals surface area contributed by atoms with E-state index < -0.39 is 0 Å². The fourth-order valence-electron chi connectivity index (χ4n) is 1.70. The summed E-state index contributed by atoms with van der Waals surface area (Å²) in [5, 5.41) is 10.3. The molecule has 7 heteroatoms. The van der Waals surface area contributed by atoms with Crippen LogP contribution in [0.15, 0.2) is 23.8 Å². The van der Waals surface area contributed by atoms with Gasteiger partial charge in [0.2, 0.25) is 5.91 Å². The first-order valence-corrected chi connectivity index (χ1v) is 7.33. The van der Waals surface area contributed by atoms with Crippen molar-refractivity contribution in [2.24, 2.45) is 0 Å². The predicted molar refractivity (Wildman–Crippen MR) is 79.7 cm³/mol. The molecule has 0 fully saturated rings. The van der Waals surface area contributed by atoms with Gasteiger partial charge < -0.3 is 5.32 Å². The molecule has 0 saturated carbocycles. The third-order valence-corrected chi connectivity index (χ3v) is 3.92. The molecule has 0 radical (unpaired) electrons. The fraction of sp³-hybridized carbons (Fsp3) is 0.462. The van der Waals surface area contributed by atoms with E-state index in [-0.39, 0.29) is 5.91 Å². The minimum absolute atomic E-state index is 0.00842. The molecule has 2 aromatic rings. The molecule has 0 aromatic carbocycles. The first kappa shape index (κ1) is 14.7. The van der Waals surface area contributed by atoms with Crippen LogP contribution in [0.4, 0.5) is 5.13 Å². The maximum absolute atomic E-state index is 11.3. The zero-order valence-electron chi connectivity index (χ0n) is 11.9. The lowest BCUT2D eigenvalue weighted by atomic mass is 10.3. The van der Waals surface area contributed by atoms with Crippen LogP contribution in [-0.4, -0.2) is 33.8 Å². The van der Waals surface area contributed by atoms with Gasteiger partial charge in [0, 0.05) is 44.3 Å². The average Bonchev–Trinajstić information content (AvgIpc) is 3.06. The van der Waals surface area contributed by atoms with Gasteiger partial charge in [-0.2, -0.15) is 5.10 Å². The van der Waals surface area contributed by atoms with Crippen molar-refractivity contribution in [3.8, 4) is 0 Å². The Labute approximate surface area is 122 Å². The maximum atomic E-state index is 11.3. The monoisotopic (exact) mass is 293 g/mol. The Morgan fingerprint density at radius 2 is 2.40 bits per heavy atom. The number of carbonyl (C=O) groups excluding carboxylic acids is 1. The van der Waals surface area contributed by atoms with E-state index in [9.17, 15) is 4.79 Å². The lowest BCUT2D eigenvalue weighted by Gasteiger charge is -2.13. The zero-order chi connectivity index (χ0) is 14.5. The average molecular weight is 293 g/mol. The number of anilines is 1. The van der Waals surface area contributed by atoms with Crippen molar-refractivity contribution in [2.75, 3.05) is 11.9 Å². The summed E-state index contributed by atoms with van der Waals surface area (Å²) in [5.74, 6) is -0.00842. The Balaban J connectivity index is 1.83. The molecule has 108 valence electrons. The molecule has 6 nitrogen and oxygen atoms in total. The topological polar surface area (TPSA) is 63.1 Å². The molecule has 1 amide bonds. The SMILES string of the molecule is CC(=O)N(C)c1nc(CN[C@@H](C)Cn2cccn2)cs1. The van der Waals surface area contributed by atoms with Crippen LogP contribution in [-0.2, 0) is 17.9 Å². The van der Waals surface area contributed by atoms with E-state index in [0.717, 1.165) is 17.4 Å². The van der Waals surface area contributed by atoms with Crippen LogP contribution >= 0.6 is 11.3 Å². The number of amides is 1. The summed E-state index contributed by atoms with van der Waals surface area (Å²) in [6.45, 7) is 5.14. The molecular formula is C13H19N5OS. The van der Waals surface area contributed by atoms with Crippen LogP contribution in [0.3, 0.4) is 0 Å². The van der Waals surface area contributed by atoms with Gasteiger partial charge in [0.15, 0.2) is 5.13 Å². The normalized spacial score (nSPS) is 12.3. The van der Waals surface area contributed by atoms with Crippen molar-refractivity contribution in [3.63, 3.8) is 0 Å². The highest BCUT2D eigenvalue weighted by atomic mass is 32.1. The van der Waals surface area contributed by atoms with E-state index in [1.807, 2.05) is 22.3 Å². The summed E-state index contributed by atoms with van der Waals surface area (Å²) in [5.41, 5.74) is 0.949. The van der Waals surface area contributed by atoms with E-state index >= 15 is 0 Å². The van der Waals surface area contributed by atoms with E-state index in [1.54, 1.807) is 18.1 Å². The largest absolute Gasteiger partial charge is 0.307 e. The molecular weight excluding hydrogens is 274 g/mol. The second-order valence-electron chi connectivity index (χ2n) is 4.71. The molecule has 0 aliphatic carbocycles. The Morgan fingerprint density at radius 3 is 3.05 bits per heavy atom. The number of carbonyl (C=O) groups is 1. The number of nitrogens with one attached hydrogen (secondary N) is 1. The maximum Gasteiger partial charge on any atom is 0.225 e. The van der Waals surface area contributed by atoms with Gasteiger partial charge >= 0.3 is 0 Å². The summed E-state index contributed by atoms with van der Waals surface area (Å²) in [7, 11) is 1.73. The highest BCUT2D eigenvalue weighted by molar-refractivity contribution is 7.14. The van der Waals surface area contributed by atoms with Gasteiger partial charge in [0.25, 0.3) is 0 Å². The van der Waals surface area contributed by atoms with Gasteiger partial charge in [-0.25, -0.2) is 4.98 Å². The lowest BCUT2D eigenvalue weighted by Crippen LogP contribution is -2.30. The highest BCUT2D eigenvalue weighted by Gasteiger charge is 2.11. The van der Waals surface area contributed by atoms with Gasteiger partial charge in [0.05, 0.1) is 12.2 Å². The molecule has 1 N–H and O–H groups in total. The minimum atomic E-state index is -0.00842. The predicted octanol–water partition coefficient (Wildman–Crippen LogP) is 1.50. The Bertz CT molecular complexity index is 551. The van der Waals surface area contributed by atoms with Crippen LogP contribution in [0.1, 0.15) is 19.5 Å². The molecule has 0 saturated heterocycles. The first-order valence-electron chi connectivity index (χ1n) is 6.45. The molecule has 2 heterocycles. The van der Waals surface area contributed by atoms with Gasteiger partial charge in [-0.1, -0.05) is 0 Å². The van der Waals surface area contributed by atoms with Crippen LogP contribution in [0, 0.1) is 0 Å². The molecule has 0 aliphatic heterocycles. The quantitative estimate of drug-likeness (QED) is 0.876. The molecule has 2 rings (SSSR count).